The maximum Gasteiger partial charge on any atom is 0.694 e. The molecule has 2 aliphatic heterocycles. The van der Waals surface area contributed by atoms with Crippen molar-refractivity contribution in [2.75, 3.05) is 0 Å². The van der Waals surface area contributed by atoms with Gasteiger partial charge in [0.1, 0.15) is 5.54 Å². The highest BCUT2D eigenvalue weighted by Crippen LogP contribution is 2.42. The Bertz CT molecular complexity index is 596. The van der Waals surface area contributed by atoms with Gasteiger partial charge in [-0.3, -0.25) is 9.47 Å². The summed E-state index contributed by atoms with van der Waals surface area (Å²) in [6, 6.07) is 2.13. The van der Waals surface area contributed by atoms with Crippen molar-refractivity contribution in [1.82, 2.24) is 4.98 Å². The molecule has 104 valence electrons. The van der Waals surface area contributed by atoms with Gasteiger partial charge >= 0.3 is 7.05 Å². The van der Waals surface area contributed by atoms with Gasteiger partial charge in [0.15, 0.2) is 5.71 Å². The lowest BCUT2D eigenvalue weighted by Gasteiger charge is -2.45. The predicted octanol–water partition coefficient (Wildman–Crippen LogP) is 1.98. The number of aromatic nitrogens is 1. The summed E-state index contributed by atoms with van der Waals surface area (Å²) in [5, 5.41) is 0. The number of nitrogens with zero attached hydrogens (tertiary/aromatic N) is 2. The summed E-state index contributed by atoms with van der Waals surface area (Å²) in [7, 11) is 0.0769. The van der Waals surface area contributed by atoms with E-state index in [1.54, 1.807) is 0 Å². The maximum atomic E-state index is 6.51. The van der Waals surface area contributed by atoms with Crippen molar-refractivity contribution in [2.45, 2.75) is 58.1 Å². The van der Waals surface area contributed by atoms with Crippen LogP contribution in [-0.4, -0.2) is 33.9 Å². The van der Waals surface area contributed by atoms with Gasteiger partial charge in [0.25, 0.3) is 0 Å². The topological polar surface area (TPSA) is 25.1 Å². The second-order valence-electron chi connectivity index (χ2n) is 6.99. The second-order valence-corrected chi connectivity index (χ2v) is 6.99. The predicted molar refractivity (Wildman–Crippen MR) is 80.6 cm³/mol. The van der Waals surface area contributed by atoms with Gasteiger partial charge in [0.05, 0.1) is 11.6 Å². The maximum absolute atomic E-state index is 6.51. The summed E-state index contributed by atoms with van der Waals surface area (Å²) in [6.45, 7) is 7.02. The molecule has 0 amide bonds. The van der Waals surface area contributed by atoms with Crippen LogP contribution >= 0.6 is 0 Å². The Balaban J connectivity index is 1.86. The first-order valence-electron chi connectivity index (χ1n) is 7.83. The Morgan fingerprint density at radius 2 is 2.15 bits per heavy atom. The van der Waals surface area contributed by atoms with Crippen LogP contribution in [0.1, 0.15) is 52.0 Å². The molecule has 0 radical (unpaired) electrons. The van der Waals surface area contributed by atoms with Crippen LogP contribution in [0.3, 0.4) is 0 Å². The van der Waals surface area contributed by atoms with Gasteiger partial charge in [-0.15, -0.1) is 0 Å². The Labute approximate surface area is 121 Å². The number of fused-ring (bicyclic) bond motifs is 4. The largest absolute Gasteiger partial charge is 0.694 e. The van der Waals surface area contributed by atoms with Crippen LogP contribution in [0.2, 0.25) is 0 Å². The third-order valence-electron chi connectivity index (χ3n) is 5.64. The zero-order valence-corrected chi connectivity index (χ0v) is 12.6. The van der Waals surface area contributed by atoms with E-state index < -0.39 is 0 Å². The van der Waals surface area contributed by atoms with E-state index in [0.717, 1.165) is 0 Å². The summed E-state index contributed by atoms with van der Waals surface area (Å²) in [4.78, 5) is 4.31. The van der Waals surface area contributed by atoms with Crippen molar-refractivity contribution >= 4 is 18.2 Å². The molecule has 0 spiro atoms. The van der Waals surface area contributed by atoms with Crippen molar-refractivity contribution in [2.24, 2.45) is 5.92 Å². The fourth-order valence-corrected chi connectivity index (χ4v) is 4.66. The van der Waals surface area contributed by atoms with E-state index >= 15 is 0 Å². The van der Waals surface area contributed by atoms with Crippen LogP contribution in [0.4, 0.5) is 0 Å². The minimum absolute atomic E-state index is 0.0769. The summed E-state index contributed by atoms with van der Waals surface area (Å²) in [6.07, 6.45) is 9.46. The Morgan fingerprint density at radius 3 is 3.00 bits per heavy atom. The van der Waals surface area contributed by atoms with E-state index in [2.05, 4.69) is 36.3 Å². The van der Waals surface area contributed by atoms with E-state index in [9.17, 15) is 0 Å². The van der Waals surface area contributed by atoms with E-state index in [1.807, 2.05) is 12.4 Å². The van der Waals surface area contributed by atoms with Gasteiger partial charge in [-0.05, 0) is 32.8 Å². The standard InChI is InChI=1S/C16H22BN2O/c1-11-12-8-9-18-10-14(12)17-19(11)16(2,3)13-6-4-5-7-15(13)20-17/h8-10,13,15H,4-7H2,1-3H3/q+1/t13-,15+/m0/s1. The molecular formula is C16H22BN2O+. The SMILES string of the molecule is CC1=[N+]2B(O[C@@H]3CCCC[C@@H]3C2(C)C)c2cnccc21. The molecule has 20 heavy (non-hydrogen) atoms. The molecule has 0 unspecified atom stereocenters. The van der Waals surface area contributed by atoms with Crippen LogP contribution in [0.15, 0.2) is 18.5 Å². The molecule has 1 aromatic rings. The molecule has 1 aliphatic carbocycles. The van der Waals surface area contributed by atoms with Crippen molar-refractivity contribution < 1.29 is 9.14 Å². The Kier molecular flexibility index (Phi) is 2.62. The molecule has 0 bridgehead atoms. The van der Waals surface area contributed by atoms with Gasteiger partial charge in [0.2, 0.25) is 0 Å². The quantitative estimate of drug-likeness (QED) is 0.673. The number of pyridine rings is 1. The molecule has 2 atom stereocenters. The lowest BCUT2D eigenvalue weighted by atomic mass is 9.63. The molecule has 4 rings (SSSR count). The first kappa shape index (κ1) is 12.6. The summed E-state index contributed by atoms with van der Waals surface area (Å²) in [5.41, 5.74) is 4.08. The first-order chi connectivity index (χ1) is 9.60. The van der Waals surface area contributed by atoms with Gasteiger partial charge in [0, 0.05) is 30.8 Å². The monoisotopic (exact) mass is 269 g/mol. The van der Waals surface area contributed by atoms with Crippen molar-refractivity contribution in [3.63, 3.8) is 0 Å². The second kappa shape index (κ2) is 4.17. The summed E-state index contributed by atoms with van der Waals surface area (Å²) < 4.78 is 9.02. The zero-order valence-electron chi connectivity index (χ0n) is 12.6. The molecule has 0 N–H and O–H groups in total. The summed E-state index contributed by atoms with van der Waals surface area (Å²) >= 11 is 0. The molecular weight excluding hydrogens is 247 g/mol. The summed E-state index contributed by atoms with van der Waals surface area (Å²) in [5.74, 6) is 0.643. The normalized spacial score (nSPS) is 30.9. The highest BCUT2D eigenvalue weighted by molar-refractivity contribution is 6.64. The van der Waals surface area contributed by atoms with E-state index in [0.29, 0.717) is 12.0 Å². The van der Waals surface area contributed by atoms with Gasteiger partial charge in [-0.25, -0.2) is 0 Å². The highest BCUT2D eigenvalue weighted by atomic mass is 16.5. The third kappa shape index (κ3) is 1.51. The minimum Gasteiger partial charge on any atom is -0.366 e. The van der Waals surface area contributed by atoms with Gasteiger partial charge < -0.3 is 4.65 Å². The zero-order chi connectivity index (χ0) is 13.9. The average Bonchev–Trinajstić information content (AvgIpc) is 2.74. The number of hydrogen-bond acceptors (Lipinski definition) is 2. The average molecular weight is 269 g/mol. The third-order valence-corrected chi connectivity index (χ3v) is 5.64. The highest BCUT2D eigenvalue weighted by Gasteiger charge is 2.61. The fourth-order valence-electron chi connectivity index (χ4n) is 4.66. The molecule has 0 aromatic carbocycles. The van der Waals surface area contributed by atoms with E-state index in [4.69, 9.17) is 4.65 Å². The van der Waals surface area contributed by atoms with Crippen LogP contribution in [0, 0.1) is 5.92 Å². The Hall–Kier alpha value is -1.16. The molecule has 4 heteroatoms. The molecule has 1 saturated carbocycles. The smallest absolute Gasteiger partial charge is 0.366 e. The minimum atomic E-state index is 0.0769. The molecule has 3 nitrogen and oxygen atoms in total. The van der Waals surface area contributed by atoms with Crippen LogP contribution < -0.4 is 5.46 Å². The molecule has 1 aromatic heterocycles. The Morgan fingerprint density at radius 1 is 1.35 bits per heavy atom. The van der Waals surface area contributed by atoms with Crippen LogP contribution in [0.25, 0.3) is 0 Å². The van der Waals surface area contributed by atoms with Crippen LogP contribution in [-0.2, 0) is 4.65 Å². The molecule has 3 aliphatic rings. The lowest BCUT2D eigenvalue weighted by Crippen LogP contribution is -2.64. The molecule has 3 heterocycles. The fraction of sp³-hybridized carbons (Fsp3) is 0.625. The number of hydrogen-bond donors (Lipinski definition) is 0. The van der Waals surface area contributed by atoms with Crippen molar-refractivity contribution in [3.05, 3.63) is 24.0 Å². The van der Waals surface area contributed by atoms with Gasteiger partial charge in [-0.2, -0.15) is 0 Å². The van der Waals surface area contributed by atoms with E-state index in [1.165, 1.54) is 42.4 Å². The van der Waals surface area contributed by atoms with Crippen molar-refractivity contribution in [3.8, 4) is 0 Å². The molecule has 2 fully saturated rings. The van der Waals surface area contributed by atoms with Crippen molar-refractivity contribution in [1.29, 1.82) is 0 Å². The van der Waals surface area contributed by atoms with Crippen LogP contribution in [0.5, 0.6) is 0 Å². The molecule has 1 saturated heterocycles. The lowest BCUT2D eigenvalue weighted by molar-refractivity contribution is -0.524. The van der Waals surface area contributed by atoms with Gasteiger partial charge in [-0.1, -0.05) is 12.8 Å². The van der Waals surface area contributed by atoms with E-state index in [-0.39, 0.29) is 12.6 Å². The number of rotatable bonds is 0. The first-order valence-corrected chi connectivity index (χ1v) is 7.83.